The third-order valence-electron chi connectivity index (χ3n) is 11.6. The van der Waals surface area contributed by atoms with E-state index in [0.717, 1.165) is 89.3 Å². The second-order valence-corrected chi connectivity index (χ2v) is 15.4. The van der Waals surface area contributed by atoms with Crippen molar-refractivity contribution in [1.82, 2.24) is 14.6 Å². The summed E-state index contributed by atoms with van der Waals surface area (Å²) < 4.78 is 2.16. The second-order valence-electron chi connectivity index (χ2n) is 15.4. The molecule has 0 saturated carbocycles. The van der Waals surface area contributed by atoms with Gasteiger partial charge in [-0.1, -0.05) is 212 Å². The maximum atomic E-state index is 5.41. The summed E-state index contributed by atoms with van der Waals surface area (Å²) in [5.41, 5.74) is 18.7. The van der Waals surface area contributed by atoms with E-state index < -0.39 is 0 Å². The minimum Gasteiger partial charge on any atom is -0.248 e. The molecule has 8 aromatic carbocycles. The van der Waals surface area contributed by atoms with E-state index in [1.165, 1.54) is 16.5 Å². The molecule has 0 aliphatic carbocycles. The molecule has 0 bridgehead atoms. The summed E-state index contributed by atoms with van der Waals surface area (Å²) in [6.07, 6.45) is 0. The van der Waals surface area contributed by atoms with Crippen LogP contribution in [-0.4, -0.2) is 14.6 Å². The van der Waals surface area contributed by atoms with E-state index in [9.17, 15) is 0 Å². The molecule has 3 heterocycles. The Hall–Kier alpha value is -8.14. The van der Waals surface area contributed by atoms with Crippen LogP contribution in [0.1, 0.15) is 0 Å². The van der Waals surface area contributed by atoms with Crippen LogP contribution in [0.5, 0.6) is 0 Å². The van der Waals surface area contributed by atoms with Crippen molar-refractivity contribution in [2.24, 2.45) is 0 Å². The Kier molecular flexibility index (Phi) is 9.18. The Morgan fingerprint density at radius 3 is 1.21 bits per heavy atom. The quantitative estimate of drug-likeness (QED) is 0.154. The molecule has 11 rings (SSSR count). The summed E-state index contributed by atoms with van der Waals surface area (Å²) in [6, 6.07) is 84.0. The average molecular weight is 778 g/mol. The van der Waals surface area contributed by atoms with Gasteiger partial charge in [0.15, 0.2) is 0 Å². The van der Waals surface area contributed by atoms with Crippen molar-refractivity contribution in [2.45, 2.75) is 0 Å². The van der Waals surface area contributed by atoms with Crippen LogP contribution < -0.4 is 0 Å². The number of benzene rings is 8. The maximum absolute atomic E-state index is 5.41. The van der Waals surface area contributed by atoms with Crippen LogP contribution in [0.25, 0.3) is 106 Å². The summed E-state index contributed by atoms with van der Waals surface area (Å²) in [7, 11) is 0. The molecule has 0 saturated heterocycles. The molecule has 0 N–H and O–H groups in total. The van der Waals surface area contributed by atoms with Crippen LogP contribution in [0.3, 0.4) is 0 Å². The SMILES string of the molecule is c1ccc(-c2cc(-c3ccc(-c4ccc(-c5ccc6cc(-c7ccccc7)n7nc(-c8ccccc8)c(-c8ccccc8)c7c6c5)cc4)cc3)cc(-c3ccccc3)n2)cc1. The molecular formula is C58H39N3. The highest BCUT2D eigenvalue weighted by molar-refractivity contribution is 6.09. The van der Waals surface area contributed by atoms with E-state index in [0.29, 0.717) is 0 Å². The van der Waals surface area contributed by atoms with Gasteiger partial charge in [0, 0.05) is 33.2 Å². The molecule has 0 fully saturated rings. The molecule has 3 heteroatoms. The van der Waals surface area contributed by atoms with Crippen molar-refractivity contribution < 1.29 is 0 Å². The highest BCUT2D eigenvalue weighted by Gasteiger charge is 2.22. The van der Waals surface area contributed by atoms with Crippen molar-refractivity contribution in [1.29, 1.82) is 0 Å². The minimum absolute atomic E-state index is 0.962. The monoisotopic (exact) mass is 777 g/mol. The van der Waals surface area contributed by atoms with Crippen LogP contribution in [-0.2, 0) is 0 Å². The lowest BCUT2D eigenvalue weighted by atomic mass is 9.94. The second kappa shape index (κ2) is 15.6. The lowest BCUT2D eigenvalue weighted by Gasteiger charge is -2.13. The van der Waals surface area contributed by atoms with Gasteiger partial charge < -0.3 is 0 Å². The van der Waals surface area contributed by atoms with E-state index in [4.69, 9.17) is 10.1 Å². The fourth-order valence-corrected chi connectivity index (χ4v) is 8.53. The van der Waals surface area contributed by atoms with E-state index in [-0.39, 0.29) is 0 Å². The van der Waals surface area contributed by atoms with Crippen LogP contribution >= 0.6 is 0 Å². The zero-order chi connectivity index (χ0) is 40.5. The van der Waals surface area contributed by atoms with Gasteiger partial charge in [0.25, 0.3) is 0 Å². The normalized spacial score (nSPS) is 11.3. The topological polar surface area (TPSA) is 30.2 Å². The highest BCUT2D eigenvalue weighted by Crippen LogP contribution is 2.42. The number of hydrogen-bond acceptors (Lipinski definition) is 2. The Morgan fingerprint density at radius 2 is 0.705 bits per heavy atom. The van der Waals surface area contributed by atoms with Gasteiger partial charge in [-0.2, -0.15) is 5.10 Å². The number of pyridine rings is 2. The Bertz CT molecular complexity index is 3230. The van der Waals surface area contributed by atoms with Crippen molar-refractivity contribution in [3.63, 3.8) is 0 Å². The number of aromatic nitrogens is 3. The third kappa shape index (κ3) is 6.88. The predicted octanol–water partition coefficient (Wildman–Crippen LogP) is 15.2. The third-order valence-corrected chi connectivity index (χ3v) is 11.6. The van der Waals surface area contributed by atoms with Gasteiger partial charge in [-0.05, 0) is 68.6 Å². The Balaban J connectivity index is 0.978. The zero-order valence-electron chi connectivity index (χ0n) is 33.4. The molecule has 286 valence electrons. The molecule has 0 atom stereocenters. The van der Waals surface area contributed by atoms with Crippen molar-refractivity contribution in [2.75, 3.05) is 0 Å². The van der Waals surface area contributed by atoms with Gasteiger partial charge in [-0.3, -0.25) is 0 Å². The van der Waals surface area contributed by atoms with Crippen LogP contribution in [0.15, 0.2) is 237 Å². The molecule has 61 heavy (non-hydrogen) atoms. The average Bonchev–Trinajstić information content (AvgIpc) is 3.76. The fourth-order valence-electron chi connectivity index (χ4n) is 8.53. The van der Waals surface area contributed by atoms with Gasteiger partial charge in [0.05, 0.1) is 22.6 Å². The van der Waals surface area contributed by atoms with Gasteiger partial charge in [-0.25, -0.2) is 9.50 Å². The van der Waals surface area contributed by atoms with Gasteiger partial charge in [-0.15, -0.1) is 0 Å². The molecule has 3 nitrogen and oxygen atoms in total. The largest absolute Gasteiger partial charge is 0.248 e. The van der Waals surface area contributed by atoms with Crippen molar-refractivity contribution >= 4 is 16.3 Å². The molecule has 0 amide bonds. The lowest BCUT2D eigenvalue weighted by Crippen LogP contribution is -1.96. The molecule has 0 radical (unpaired) electrons. The smallest absolute Gasteiger partial charge is 0.101 e. The van der Waals surface area contributed by atoms with Crippen molar-refractivity contribution in [3.05, 3.63) is 237 Å². The first-order valence-corrected chi connectivity index (χ1v) is 20.7. The van der Waals surface area contributed by atoms with E-state index in [1.54, 1.807) is 0 Å². The Labute approximate surface area is 355 Å². The Morgan fingerprint density at radius 1 is 0.295 bits per heavy atom. The molecule has 0 aliphatic heterocycles. The molecule has 3 aromatic heterocycles. The summed E-state index contributed by atoms with van der Waals surface area (Å²) in [6.45, 7) is 0. The summed E-state index contributed by atoms with van der Waals surface area (Å²) in [5, 5.41) is 7.74. The molecule has 0 aliphatic rings. The maximum Gasteiger partial charge on any atom is 0.101 e. The molecular weight excluding hydrogens is 739 g/mol. The highest BCUT2D eigenvalue weighted by atomic mass is 15.2. The van der Waals surface area contributed by atoms with E-state index in [1.807, 2.05) is 12.1 Å². The molecule has 0 unspecified atom stereocenters. The van der Waals surface area contributed by atoms with Crippen LogP contribution in [0, 0.1) is 0 Å². The van der Waals surface area contributed by atoms with E-state index in [2.05, 4.69) is 229 Å². The number of fused-ring (bicyclic) bond motifs is 3. The number of rotatable bonds is 8. The van der Waals surface area contributed by atoms with Gasteiger partial charge in [0.1, 0.15) is 5.69 Å². The summed E-state index contributed by atoms with van der Waals surface area (Å²) >= 11 is 0. The van der Waals surface area contributed by atoms with Crippen LogP contribution in [0.2, 0.25) is 0 Å². The lowest BCUT2D eigenvalue weighted by molar-refractivity contribution is 0.979. The standard InChI is InChI=1S/C58H39N3/c1-6-16-44(17-7-1)53-37-51(38-54(59-53)45-18-8-2-9-19-45)43-32-28-41(29-33-43)40-26-30-42(31-27-40)49-34-35-50-39-55(46-20-10-3-11-21-46)61-58(52(50)36-49)56(47-22-12-4-13-23-47)57(60-61)48-24-14-5-15-25-48/h1-39H. The molecule has 11 aromatic rings. The molecule has 0 spiro atoms. The summed E-state index contributed by atoms with van der Waals surface area (Å²) in [4.78, 5) is 5.07. The first kappa shape index (κ1) is 36.0. The first-order chi connectivity index (χ1) is 30.2. The van der Waals surface area contributed by atoms with Gasteiger partial charge >= 0.3 is 0 Å². The first-order valence-electron chi connectivity index (χ1n) is 20.7. The number of nitrogens with zero attached hydrogens (tertiary/aromatic N) is 3. The fraction of sp³-hybridized carbons (Fsp3) is 0. The van der Waals surface area contributed by atoms with Crippen molar-refractivity contribution in [3.8, 4) is 89.5 Å². The zero-order valence-corrected chi connectivity index (χ0v) is 33.4. The van der Waals surface area contributed by atoms with E-state index >= 15 is 0 Å². The van der Waals surface area contributed by atoms with Crippen LogP contribution in [0.4, 0.5) is 0 Å². The number of hydrogen-bond donors (Lipinski definition) is 0. The summed E-state index contributed by atoms with van der Waals surface area (Å²) in [5.74, 6) is 0. The van der Waals surface area contributed by atoms with Gasteiger partial charge in [0.2, 0.25) is 0 Å². The predicted molar refractivity (Wildman–Crippen MR) is 254 cm³/mol. The minimum atomic E-state index is 0.962.